The number of aliphatic carboxylic acids is 1. The number of hydrogen-bond acceptors (Lipinski definition) is 7. The second-order valence-electron chi connectivity index (χ2n) is 23.4. The summed E-state index contributed by atoms with van der Waals surface area (Å²) in [5.74, 6) is -2.08. The summed E-state index contributed by atoms with van der Waals surface area (Å²) in [7, 11) is 5.95. The molecule has 0 aromatic carbocycles. The van der Waals surface area contributed by atoms with Gasteiger partial charge in [-0.15, -0.1) is 0 Å². The van der Waals surface area contributed by atoms with E-state index in [1.54, 1.807) is 0 Å². The van der Waals surface area contributed by atoms with Crippen LogP contribution in [0.3, 0.4) is 0 Å². The van der Waals surface area contributed by atoms with Crippen LogP contribution in [0.25, 0.3) is 0 Å². The van der Waals surface area contributed by atoms with E-state index in [4.69, 9.17) is 18.9 Å². The molecule has 9 nitrogen and oxygen atoms in total. The van der Waals surface area contributed by atoms with Gasteiger partial charge in [-0.3, -0.25) is 9.59 Å². The standard InChI is InChI=1S/C80H125NO8/c1-6-8-10-12-14-16-18-20-22-24-26-28-30-32-34-36-38-39-41-42-44-46-48-50-52-54-56-58-60-62-64-66-68-70-77(82)87-74-76(75-88-80(79(84)85)86-73-72-81(3,4)5)89-78(83)71-69-67-65-63-61-59-57-55-53-51-49-47-45-43-40-37-35-33-31-29-27-25-23-21-19-17-15-13-11-9-7-2/h8-11,14-17,20-23,26-29,32-35,38-40,42-44,47,49,53,55,59,61,76,80H,6-7,12-13,18-19,24-25,30-31,36-37,41,45-46,48,50-52,54,56-58,60,62-75H2,1-5H3/p+1/b10-8-,11-9-,16-14-,17-15-,22-20-,23-21-,28-26-,29-27-,34-32-,35-33-,39-38-,43-40-,44-42-,49-47-,55-53-,61-59-. The minimum Gasteiger partial charge on any atom is -0.477 e. The number of allylic oxidation sites excluding steroid dienone is 32. The Hall–Kier alpha value is -5.87. The van der Waals surface area contributed by atoms with E-state index in [9.17, 15) is 19.5 Å². The van der Waals surface area contributed by atoms with Crippen molar-refractivity contribution in [1.29, 1.82) is 0 Å². The van der Waals surface area contributed by atoms with Crippen molar-refractivity contribution >= 4 is 17.9 Å². The first-order chi connectivity index (χ1) is 43.6. The van der Waals surface area contributed by atoms with Crippen LogP contribution in [0.1, 0.15) is 232 Å². The van der Waals surface area contributed by atoms with Crippen molar-refractivity contribution < 1.29 is 42.9 Å². The third kappa shape index (κ3) is 69.5. The molecule has 89 heavy (non-hydrogen) atoms. The number of carbonyl (C=O) groups excluding carboxylic acids is 2. The minimum absolute atomic E-state index is 0.169. The van der Waals surface area contributed by atoms with E-state index < -0.39 is 24.3 Å². The zero-order valence-electron chi connectivity index (χ0n) is 56.8. The molecule has 0 amide bonds. The molecular formula is C80H126NO8+. The highest BCUT2D eigenvalue weighted by Gasteiger charge is 2.25. The van der Waals surface area contributed by atoms with E-state index in [1.165, 1.54) is 44.9 Å². The largest absolute Gasteiger partial charge is 0.477 e. The second kappa shape index (κ2) is 68.0. The first kappa shape index (κ1) is 83.1. The van der Waals surface area contributed by atoms with Crippen LogP contribution in [-0.4, -0.2) is 87.4 Å². The Kier molecular flexibility index (Phi) is 63.6. The Morgan fingerprint density at radius 1 is 0.337 bits per heavy atom. The fourth-order valence-corrected chi connectivity index (χ4v) is 8.63. The number of nitrogens with zero attached hydrogens (tertiary/aromatic N) is 1. The molecule has 0 spiro atoms. The SMILES string of the molecule is CC/C=C\C/C=C\C/C=C\C/C=C\C/C=C\C/C=C\C/C=C\C/C=C\C/C=C\CCCCCC(=O)OC(COC(=O)CCCCCCCCCCCCC/C=C\C/C=C\C/C=C\C/C=C\C/C=C\C/C=C\C/C=C\CC)COC(OCC[N+](C)(C)C)C(=O)O. The highest BCUT2D eigenvalue weighted by molar-refractivity contribution is 5.71. The topological polar surface area (TPSA) is 108 Å². The lowest BCUT2D eigenvalue weighted by atomic mass is 10.0. The van der Waals surface area contributed by atoms with E-state index >= 15 is 0 Å². The van der Waals surface area contributed by atoms with Gasteiger partial charge < -0.3 is 28.5 Å². The first-order valence-electron chi connectivity index (χ1n) is 34.6. The van der Waals surface area contributed by atoms with Crippen LogP contribution in [0.2, 0.25) is 0 Å². The van der Waals surface area contributed by atoms with E-state index in [0.29, 0.717) is 17.4 Å². The van der Waals surface area contributed by atoms with Crippen LogP contribution in [0.15, 0.2) is 194 Å². The number of ether oxygens (including phenoxy) is 4. The minimum atomic E-state index is -1.54. The quantitative estimate of drug-likeness (QED) is 0.0211. The predicted molar refractivity (Wildman–Crippen MR) is 382 cm³/mol. The van der Waals surface area contributed by atoms with Gasteiger partial charge in [0.2, 0.25) is 0 Å². The molecule has 0 saturated heterocycles. The van der Waals surface area contributed by atoms with Crippen LogP contribution in [0.5, 0.6) is 0 Å². The molecule has 9 heteroatoms. The molecule has 0 radical (unpaired) electrons. The van der Waals surface area contributed by atoms with E-state index in [0.717, 1.165) is 154 Å². The molecular weight excluding hydrogens is 1100 g/mol. The van der Waals surface area contributed by atoms with Gasteiger partial charge in [0.25, 0.3) is 6.29 Å². The summed E-state index contributed by atoms with van der Waals surface area (Å²) in [6.07, 6.45) is 102. The summed E-state index contributed by atoms with van der Waals surface area (Å²) in [5, 5.41) is 9.75. The summed E-state index contributed by atoms with van der Waals surface area (Å²) >= 11 is 0. The first-order valence-corrected chi connectivity index (χ1v) is 34.6. The number of esters is 2. The third-order valence-electron chi connectivity index (χ3n) is 13.8. The van der Waals surface area contributed by atoms with Crippen molar-refractivity contribution in [2.45, 2.75) is 245 Å². The van der Waals surface area contributed by atoms with Crippen LogP contribution in [0, 0.1) is 0 Å². The zero-order chi connectivity index (χ0) is 64.7. The van der Waals surface area contributed by atoms with Crippen LogP contribution >= 0.6 is 0 Å². The van der Waals surface area contributed by atoms with Gasteiger partial charge in [-0.1, -0.05) is 272 Å². The summed E-state index contributed by atoms with van der Waals surface area (Å²) < 4.78 is 22.9. The highest BCUT2D eigenvalue weighted by Crippen LogP contribution is 2.15. The lowest BCUT2D eigenvalue weighted by Crippen LogP contribution is -2.40. The van der Waals surface area contributed by atoms with Crippen molar-refractivity contribution in [2.75, 3.05) is 47.5 Å². The molecule has 498 valence electrons. The number of rotatable bonds is 61. The average Bonchev–Trinajstić information content (AvgIpc) is 3.64. The summed E-state index contributed by atoms with van der Waals surface area (Å²) in [5.41, 5.74) is 0. The second-order valence-corrected chi connectivity index (χ2v) is 23.4. The number of likely N-dealkylation sites (N-methyl/N-ethyl adjacent to an activating group) is 1. The summed E-state index contributed by atoms with van der Waals surface area (Å²) in [4.78, 5) is 37.6. The van der Waals surface area contributed by atoms with Gasteiger partial charge >= 0.3 is 17.9 Å². The van der Waals surface area contributed by atoms with Gasteiger partial charge in [0, 0.05) is 12.8 Å². The monoisotopic (exact) mass is 1230 g/mol. The number of carboxylic acids is 1. The fourth-order valence-electron chi connectivity index (χ4n) is 8.63. The lowest BCUT2D eigenvalue weighted by Gasteiger charge is -2.25. The Balaban J connectivity index is 4.28. The molecule has 0 aliphatic heterocycles. The smallest absolute Gasteiger partial charge is 0.361 e. The maximum Gasteiger partial charge on any atom is 0.361 e. The molecule has 0 heterocycles. The molecule has 1 N–H and O–H groups in total. The maximum absolute atomic E-state index is 12.9. The van der Waals surface area contributed by atoms with Crippen molar-refractivity contribution in [1.82, 2.24) is 0 Å². The molecule has 0 aromatic heterocycles. The molecule has 0 bridgehead atoms. The van der Waals surface area contributed by atoms with Gasteiger partial charge in [-0.05, 0) is 141 Å². The van der Waals surface area contributed by atoms with Gasteiger partial charge in [-0.2, -0.15) is 0 Å². The number of unbranched alkanes of at least 4 members (excludes halogenated alkanes) is 14. The number of hydrogen-bond donors (Lipinski definition) is 1. The zero-order valence-corrected chi connectivity index (χ0v) is 56.8. The van der Waals surface area contributed by atoms with E-state index in [-0.39, 0.29) is 38.6 Å². The van der Waals surface area contributed by atoms with Gasteiger partial charge in [0.05, 0.1) is 34.4 Å². The lowest BCUT2D eigenvalue weighted by molar-refractivity contribution is -0.870. The van der Waals surface area contributed by atoms with E-state index in [2.05, 4.69) is 208 Å². The summed E-state index contributed by atoms with van der Waals surface area (Å²) in [6, 6.07) is 0. The molecule has 0 fully saturated rings. The molecule has 2 unspecified atom stereocenters. The van der Waals surface area contributed by atoms with Crippen LogP contribution < -0.4 is 0 Å². The summed E-state index contributed by atoms with van der Waals surface area (Å²) in [6.45, 7) is 4.58. The van der Waals surface area contributed by atoms with Crippen molar-refractivity contribution in [3.05, 3.63) is 194 Å². The number of carboxylic acid groups (broad SMARTS) is 1. The van der Waals surface area contributed by atoms with E-state index in [1.807, 2.05) is 21.1 Å². The Morgan fingerprint density at radius 3 is 0.910 bits per heavy atom. The Labute approximate surface area is 544 Å². The number of carbonyl (C=O) groups is 3. The predicted octanol–water partition coefficient (Wildman–Crippen LogP) is 21.8. The molecule has 0 aliphatic carbocycles. The molecule has 0 aliphatic rings. The molecule has 0 rings (SSSR count). The van der Waals surface area contributed by atoms with Gasteiger partial charge in [0.15, 0.2) is 6.10 Å². The molecule has 0 aromatic rings. The number of quaternary nitrogens is 1. The molecule has 0 saturated carbocycles. The van der Waals surface area contributed by atoms with Gasteiger partial charge in [-0.25, -0.2) is 4.79 Å². The highest BCUT2D eigenvalue weighted by atomic mass is 16.7. The van der Waals surface area contributed by atoms with Crippen molar-refractivity contribution in [3.8, 4) is 0 Å². The fraction of sp³-hybridized carbons (Fsp3) is 0.562. The van der Waals surface area contributed by atoms with Crippen molar-refractivity contribution in [2.24, 2.45) is 0 Å². The molecule has 2 atom stereocenters. The van der Waals surface area contributed by atoms with Crippen molar-refractivity contribution in [3.63, 3.8) is 0 Å². The third-order valence-corrected chi connectivity index (χ3v) is 13.8. The normalized spacial score (nSPS) is 13.9. The van der Waals surface area contributed by atoms with Gasteiger partial charge in [0.1, 0.15) is 13.2 Å². The Bertz CT molecular complexity index is 2160. The average molecular weight is 1230 g/mol. The Morgan fingerprint density at radius 2 is 0.607 bits per heavy atom. The van der Waals surface area contributed by atoms with Crippen LogP contribution in [-0.2, 0) is 33.3 Å². The maximum atomic E-state index is 12.9. The van der Waals surface area contributed by atoms with Crippen LogP contribution in [0.4, 0.5) is 0 Å².